The van der Waals surface area contributed by atoms with Crippen LogP contribution < -0.4 is 10.1 Å². The Labute approximate surface area is 99.2 Å². The second-order valence-corrected chi connectivity index (χ2v) is 3.75. The lowest BCUT2D eigenvalue weighted by Gasteiger charge is -2.06. The van der Waals surface area contributed by atoms with Crippen LogP contribution in [0.4, 0.5) is 4.79 Å². The van der Waals surface area contributed by atoms with Gasteiger partial charge in [0.2, 0.25) is 0 Å². The summed E-state index contributed by atoms with van der Waals surface area (Å²) in [7, 11) is 1.59. The minimum Gasteiger partial charge on any atom is -0.497 e. The normalized spacial score (nSPS) is 9.80. The van der Waals surface area contributed by atoms with Gasteiger partial charge in [0.1, 0.15) is 5.75 Å². The van der Waals surface area contributed by atoms with Crippen LogP contribution in [0, 0.1) is 0 Å². The van der Waals surface area contributed by atoms with E-state index < -0.39 is 0 Å². The number of hydrogen-bond acceptors (Lipinski definition) is 2. The van der Waals surface area contributed by atoms with Gasteiger partial charge in [-0.15, -0.1) is 0 Å². The highest BCUT2D eigenvalue weighted by atomic mass is 35.5. The van der Waals surface area contributed by atoms with E-state index in [0.717, 1.165) is 11.3 Å². The summed E-state index contributed by atoms with van der Waals surface area (Å²) >= 11 is 9.61. The predicted molar refractivity (Wildman–Crippen MR) is 64.1 cm³/mol. The summed E-state index contributed by atoms with van der Waals surface area (Å²) in [6, 6.07) is 5.47. The largest absolute Gasteiger partial charge is 0.497 e. The van der Waals surface area contributed by atoms with Crippen molar-refractivity contribution in [3.8, 4) is 5.75 Å². The number of thiol groups is 1. The average Bonchev–Trinajstić information content (AvgIpc) is 2.20. The first-order chi connectivity index (χ1) is 7.13. The quantitative estimate of drug-likeness (QED) is 0.800. The highest BCUT2D eigenvalue weighted by Crippen LogP contribution is 2.22. The molecule has 1 N–H and O–H groups in total. The van der Waals surface area contributed by atoms with Gasteiger partial charge in [-0.2, -0.15) is 0 Å². The van der Waals surface area contributed by atoms with Gasteiger partial charge in [0.25, 0.3) is 5.24 Å². The molecule has 0 fully saturated rings. The van der Waals surface area contributed by atoms with Crippen LogP contribution in [0.25, 0.3) is 0 Å². The predicted octanol–water partition coefficient (Wildman–Crippen LogP) is 2.53. The lowest BCUT2D eigenvalue weighted by Crippen LogP contribution is -2.19. The monoisotopic (exact) mass is 245 g/mol. The molecule has 0 aliphatic carbocycles. The lowest BCUT2D eigenvalue weighted by molar-refractivity contribution is 0.261. The molecule has 0 saturated carbocycles. The molecule has 0 bridgehead atoms. The van der Waals surface area contributed by atoms with Crippen molar-refractivity contribution in [1.29, 1.82) is 0 Å². The maximum atomic E-state index is 10.5. The minimum absolute atomic E-state index is 0.334. The highest BCUT2D eigenvalue weighted by Gasteiger charge is 2.02. The fourth-order valence-corrected chi connectivity index (χ4v) is 1.54. The molecule has 0 atom stereocenters. The van der Waals surface area contributed by atoms with E-state index in [1.165, 1.54) is 0 Å². The number of carbonyl (C=O) groups excluding carboxylic acids is 1. The maximum absolute atomic E-state index is 10.5. The standard InChI is InChI=1S/C10H12ClNO2S/c1-14-8-3-2-7(9(11)6-8)4-5-12-10(13)15/h2-3,6H,4-5H2,1H3,(H2,12,13,15). The summed E-state index contributed by atoms with van der Waals surface area (Å²) in [5.74, 6) is 0.724. The topological polar surface area (TPSA) is 38.3 Å². The van der Waals surface area contributed by atoms with Crippen molar-refractivity contribution in [2.45, 2.75) is 6.42 Å². The van der Waals surface area contributed by atoms with E-state index in [1.54, 1.807) is 13.2 Å². The average molecular weight is 246 g/mol. The Morgan fingerprint density at radius 2 is 2.33 bits per heavy atom. The highest BCUT2D eigenvalue weighted by molar-refractivity contribution is 7.96. The van der Waals surface area contributed by atoms with E-state index in [9.17, 15) is 4.79 Å². The summed E-state index contributed by atoms with van der Waals surface area (Å²) in [6.45, 7) is 0.522. The van der Waals surface area contributed by atoms with E-state index in [4.69, 9.17) is 16.3 Å². The molecule has 0 aliphatic rings. The van der Waals surface area contributed by atoms with Gasteiger partial charge in [-0.3, -0.25) is 4.79 Å². The molecule has 5 heteroatoms. The molecule has 0 unspecified atom stereocenters. The van der Waals surface area contributed by atoms with Crippen molar-refractivity contribution >= 4 is 29.5 Å². The number of amides is 1. The van der Waals surface area contributed by atoms with E-state index in [2.05, 4.69) is 17.9 Å². The molecule has 1 amide bonds. The zero-order chi connectivity index (χ0) is 11.3. The van der Waals surface area contributed by atoms with E-state index >= 15 is 0 Å². The Hall–Kier alpha value is -0.870. The minimum atomic E-state index is -0.334. The van der Waals surface area contributed by atoms with Gasteiger partial charge in [0, 0.05) is 11.6 Å². The van der Waals surface area contributed by atoms with Crippen LogP contribution in [-0.4, -0.2) is 18.9 Å². The fourth-order valence-electron chi connectivity index (χ4n) is 1.16. The van der Waals surface area contributed by atoms with Crippen LogP contribution in [0.2, 0.25) is 5.02 Å². The number of nitrogens with one attached hydrogen (secondary N) is 1. The van der Waals surface area contributed by atoms with E-state index in [0.29, 0.717) is 18.0 Å². The molecule has 0 heterocycles. The second-order valence-electron chi connectivity index (χ2n) is 2.94. The van der Waals surface area contributed by atoms with Crippen molar-refractivity contribution < 1.29 is 9.53 Å². The third-order valence-corrected chi connectivity index (χ3v) is 2.44. The van der Waals surface area contributed by atoms with Crippen LogP contribution in [0.15, 0.2) is 18.2 Å². The summed E-state index contributed by atoms with van der Waals surface area (Å²) in [5, 5.41) is 2.89. The van der Waals surface area contributed by atoms with Crippen LogP contribution in [0.5, 0.6) is 5.75 Å². The van der Waals surface area contributed by atoms with Crippen molar-refractivity contribution in [1.82, 2.24) is 5.32 Å². The zero-order valence-electron chi connectivity index (χ0n) is 8.29. The van der Waals surface area contributed by atoms with E-state index in [-0.39, 0.29) is 5.24 Å². The SMILES string of the molecule is COc1ccc(CCNC(=O)S)c(Cl)c1. The molecular formula is C10H12ClNO2S. The van der Waals surface area contributed by atoms with Crippen molar-refractivity contribution in [2.24, 2.45) is 0 Å². The van der Waals surface area contributed by atoms with Gasteiger partial charge in [0.15, 0.2) is 0 Å². The number of rotatable bonds is 4. The molecule has 0 aromatic heterocycles. The number of benzene rings is 1. The molecule has 1 aromatic rings. The Morgan fingerprint density at radius 3 is 2.87 bits per heavy atom. The number of carbonyl (C=O) groups is 1. The Morgan fingerprint density at radius 1 is 1.60 bits per heavy atom. The number of hydrogen-bond donors (Lipinski definition) is 2. The first-order valence-electron chi connectivity index (χ1n) is 4.42. The molecular weight excluding hydrogens is 234 g/mol. The van der Waals surface area contributed by atoms with Gasteiger partial charge in [-0.1, -0.05) is 30.3 Å². The Bertz CT molecular complexity index is 357. The van der Waals surface area contributed by atoms with Gasteiger partial charge in [-0.25, -0.2) is 0 Å². The molecule has 82 valence electrons. The van der Waals surface area contributed by atoms with Gasteiger partial charge >= 0.3 is 0 Å². The molecule has 0 radical (unpaired) electrons. The van der Waals surface area contributed by atoms with E-state index in [1.807, 2.05) is 12.1 Å². The summed E-state index contributed by atoms with van der Waals surface area (Å²) in [4.78, 5) is 10.5. The van der Waals surface area contributed by atoms with Crippen LogP contribution in [0.1, 0.15) is 5.56 Å². The van der Waals surface area contributed by atoms with Crippen molar-refractivity contribution in [3.05, 3.63) is 28.8 Å². The summed E-state index contributed by atoms with van der Waals surface area (Å²) in [5.41, 5.74) is 0.972. The van der Waals surface area contributed by atoms with Gasteiger partial charge in [0.05, 0.1) is 7.11 Å². The zero-order valence-corrected chi connectivity index (χ0v) is 9.94. The smallest absolute Gasteiger partial charge is 0.275 e. The molecule has 1 rings (SSSR count). The molecule has 0 aliphatic heterocycles. The third-order valence-electron chi connectivity index (χ3n) is 1.93. The Kier molecular flexibility index (Phi) is 4.78. The third kappa shape index (κ3) is 4.01. The molecule has 0 spiro atoms. The van der Waals surface area contributed by atoms with Gasteiger partial charge < -0.3 is 10.1 Å². The fraction of sp³-hybridized carbons (Fsp3) is 0.300. The van der Waals surface area contributed by atoms with Crippen LogP contribution in [-0.2, 0) is 6.42 Å². The second kappa shape index (κ2) is 5.88. The number of ether oxygens (including phenoxy) is 1. The molecule has 0 saturated heterocycles. The summed E-state index contributed by atoms with van der Waals surface area (Å²) < 4.78 is 5.03. The molecule has 1 aromatic carbocycles. The Balaban J connectivity index is 2.58. The maximum Gasteiger partial charge on any atom is 0.275 e. The molecule has 3 nitrogen and oxygen atoms in total. The first kappa shape index (κ1) is 12.2. The van der Waals surface area contributed by atoms with Gasteiger partial charge in [-0.05, 0) is 24.1 Å². The number of methoxy groups -OCH3 is 1. The molecule has 15 heavy (non-hydrogen) atoms. The first-order valence-corrected chi connectivity index (χ1v) is 5.25. The van der Waals surface area contributed by atoms with Crippen molar-refractivity contribution in [2.75, 3.05) is 13.7 Å². The van der Waals surface area contributed by atoms with Crippen molar-refractivity contribution in [3.63, 3.8) is 0 Å². The van der Waals surface area contributed by atoms with Crippen LogP contribution in [0.3, 0.4) is 0 Å². The lowest BCUT2D eigenvalue weighted by atomic mass is 10.1. The summed E-state index contributed by atoms with van der Waals surface area (Å²) in [6.07, 6.45) is 0.676. The van der Waals surface area contributed by atoms with Crippen LogP contribution >= 0.6 is 24.2 Å². The number of halogens is 1.